The van der Waals surface area contributed by atoms with E-state index in [4.69, 9.17) is 4.74 Å². The zero-order valence-corrected chi connectivity index (χ0v) is 23.3. The van der Waals surface area contributed by atoms with Gasteiger partial charge in [0.2, 0.25) is 11.8 Å². The summed E-state index contributed by atoms with van der Waals surface area (Å²) in [5, 5.41) is 2.75. The lowest BCUT2D eigenvalue weighted by Crippen LogP contribution is -2.51. The Hall–Kier alpha value is -3.85. The normalized spacial score (nSPS) is 11.9. The number of ether oxygens (including phenoxy) is 1. The van der Waals surface area contributed by atoms with Crippen molar-refractivity contribution in [2.75, 3.05) is 24.5 Å². The topological polar surface area (TPSA) is 96.0 Å². The highest BCUT2D eigenvalue weighted by Crippen LogP contribution is 2.26. The van der Waals surface area contributed by atoms with Crippen LogP contribution in [0.25, 0.3) is 0 Å². The standard InChI is InChI=1S/C29H35N3O5S/c1-6-30-29(34)23(4)31(19-24-11-10-12-26(18-24)37-5)28(33)20-32(25-16-15-21(2)22(3)17-25)38(35,36)27-13-8-7-9-14-27/h7-18,23H,6,19-20H2,1-5H3,(H,30,34)/t23-/m0/s1. The number of sulfonamides is 1. The first kappa shape index (κ1) is 28.7. The number of carbonyl (C=O) groups excluding carboxylic acids is 2. The van der Waals surface area contributed by atoms with Crippen molar-refractivity contribution < 1.29 is 22.7 Å². The number of benzene rings is 3. The van der Waals surface area contributed by atoms with Crippen LogP contribution in [-0.4, -0.2) is 51.4 Å². The van der Waals surface area contributed by atoms with E-state index in [1.165, 1.54) is 17.0 Å². The lowest BCUT2D eigenvalue weighted by Gasteiger charge is -2.32. The van der Waals surface area contributed by atoms with Crippen molar-refractivity contribution in [2.24, 2.45) is 0 Å². The highest BCUT2D eigenvalue weighted by Gasteiger charge is 2.32. The van der Waals surface area contributed by atoms with Crippen LogP contribution in [-0.2, 0) is 26.2 Å². The summed E-state index contributed by atoms with van der Waals surface area (Å²) < 4.78 is 34.0. The maximum absolute atomic E-state index is 13.9. The first-order valence-corrected chi connectivity index (χ1v) is 13.9. The molecule has 0 saturated heterocycles. The molecule has 3 rings (SSSR count). The van der Waals surface area contributed by atoms with Gasteiger partial charge >= 0.3 is 0 Å². The molecule has 8 nitrogen and oxygen atoms in total. The van der Waals surface area contributed by atoms with Crippen molar-refractivity contribution >= 4 is 27.5 Å². The summed E-state index contributed by atoms with van der Waals surface area (Å²) in [4.78, 5) is 28.1. The molecular formula is C29H35N3O5S. The summed E-state index contributed by atoms with van der Waals surface area (Å²) in [6.45, 7) is 7.28. The van der Waals surface area contributed by atoms with Crippen LogP contribution in [0.3, 0.4) is 0 Å². The Morgan fingerprint density at radius 2 is 1.66 bits per heavy atom. The van der Waals surface area contributed by atoms with E-state index < -0.39 is 28.5 Å². The molecule has 0 radical (unpaired) electrons. The van der Waals surface area contributed by atoms with Crippen molar-refractivity contribution in [3.63, 3.8) is 0 Å². The quantitative estimate of drug-likeness (QED) is 0.398. The number of nitrogens with zero attached hydrogens (tertiary/aromatic N) is 2. The number of hydrogen-bond donors (Lipinski definition) is 1. The van der Waals surface area contributed by atoms with Crippen molar-refractivity contribution in [3.8, 4) is 5.75 Å². The third-order valence-corrected chi connectivity index (χ3v) is 8.18. The molecule has 0 unspecified atom stereocenters. The predicted molar refractivity (Wildman–Crippen MR) is 149 cm³/mol. The van der Waals surface area contributed by atoms with Crippen molar-refractivity contribution in [3.05, 3.63) is 89.5 Å². The monoisotopic (exact) mass is 537 g/mol. The second-order valence-electron chi connectivity index (χ2n) is 9.04. The van der Waals surface area contributed by atoms with Crippen LogP contribution >= 0.6 is 0 Å². The molecule has 9 heteroatoms. The van der Waals surface area contributed by atoms with Gasteiger partial charge in [-0.2, -0.15) is 0 Å². The highest BCUT2D eigenvalue weighted by molar-refractivity contribution is 7.92. The van der Waals surface area contributed by atoms with E-state index in [9.17, 15) is 18.0 Å². The van der Waals surface area contributed by atoms with E-state index in [1.807, 2.05) is 26.0 Å². The van der Waals surface area contributed by atoms with Crippen molar-refractivity contribution in [1.82, 2.24) is 10.2 Å². The summed E-state index contributed by atoms with van der Waals surface area (Å²) in [5.74, 6) is -0.222. The van der Waals surface area contributed by atoms with E-state index in [0.717, 1.165) is 21.0 Å². The van der Waals surface area contributed by atoms with E-state index in [0.29, 0.717) is 18.0 Å². The number of amides is 2. The summed E-state index contributed by atoms with van der Waals surface area (Å²) in [5.41, 5.74) is 3.02. The molecule has 3 aromatic rings. The average Bonchev–Trinajstić information content (AvgIpc) is 2.92. The molecule has 3 aromatic carbocycles. The molecule has 0 heterocycles. The molecule has 0 fully saturated rings. The van der Waals surface area contributed by atoms with Gasteiger partial charge in [0.1, 0.15) is 18.3 Å². The molecule has 0 bridgehead atoms. The first-order chi connectivity index (χ1) is 18.1. The summed E-state index contributed by atoms with van der Waals surface area (Å²) in [6, 6.07) is 19.6. The van der Waals surface area contributed by atoms with E-state index in [2.05, 4.69) is 5.32 Å². The molecule has 0 spiro atoms. The van der Waals surface area contributed by atoms with Crippen molar-refractivity contribution in [1.29, 1.82) is 0 Å². The van der Waals surface area contributed by atoms with Gasteiger partial charge in [0.25, 0.3) is 10.0 Å². The van der Waals surface area contributed by atoms with Crippen LogP contribution in [0, 0.1) is 13.8 Å². The fourth-order valence-corrected chi connectivity index (χ4v) is 5.43. The molecule has 38 heavy (non-hydrogen) atoms. The molecule has 202 valence electrons. The molecule has 1 atom stereocenters. The van der Waals surface area contributed by atoms with E-state index >= 15 is 0 Å². The van der Waals surface area contributed by atoms with Crippen molar-refractivity contribution in [2.45, 2.75) is 45.2 Å². The Morgan fingerprint density at radius 3 is 2.29 bits per heavy atom. The van der Waals surface area contributed by atoms with Gasteiger partial charge in [-0.25, -0.2) is 8.42 Å². The number of hydrogen-bond acceptors (Lipinski definition) is 5. The van der Waals surface area contributed by atoms with Gasteiger partial charge < -0.3 is 15.0 Å². The Kier molecular flexibility index (Phi) is 9.52. The Morgan fingerprint density at radius 1 is 0.947 bits per heavy atom. The Labute approximate surface area is 225 Å². The smallest absolute Gasteiger partial charge is 0.264 e. The van der Waals surface area contributed by atoms with E-state index in [-0.39, 0.29) is 17.3 Å². The minimum atomic E-state index is -4.09. The SMILES string of the molecule is CCNC(=O)[C@H](C)N(Cc1cccc(OC)c1)C(=O)CN(c1ccc(C)c(C)c1)S(=O)(=O)c1ccccc1. The van der Waals surface area contributed by atoms with E-state index in [1.54, 1.807) is 69.5 Å². The fraction of sp³-hybridized carbons (Fsp3) is 0.310. The van der Waals surface area contributed by atoms with Gasteiger partial charge in [-0.05, 0) is 80.8 Å². The number of aryl methyl sites for hydroxylation is 2. The highest BCUT2D eigenvalue weighted by atomic mass is 32.2. The maximum Gasteiger partial charge on any atom is 0.264 e. The number of likely N-dealkylation sites (N-methyl/N-ethyl adjacent to an activating group) is 1. The third kappa shape index (κ3) is 6.72. The molecule has 2 amide bonds. The molecule has 0 aliphatic heterocycles. The Bertz CT molecular complexity index is 1380. The molecule has 1 N–H and O–H groups in total. The fourth-order valence-electron chi connectivity index (χ4n) is 4.00. The van der Waals surface area contributed by atoms with Gasteiger partial charge in [0, 0.05) is 13.1 Å². The van der Waals surface area contributed by atoms with Crippen LogP contribution in [0.15, 0.2) is 77.7 Å². The van der Waals surface area contributed by atoms with Crippen LogP contribution in [0.2, 0.25) is 0 Å². The minimum Gasteiger partial charge on any atom is -0.497 e. The second-order valence-corrected chi connectivity index (χ2v) is 10.9. The number of methoxy groups -OCH3 is 1. The number of carbonyl (C=O) groups is 2. The lowest BCUT2D eigenvalue weighted by molar-refractivity contribution is -0.139. The second kappa shape index (κ2) is 12.6. The van der Waals surface area contributed by atoms with Crippen LogP contribution < -0.4 is 14.4 Å². The molecule has 0 saturated carbocycles. The number of rotatable bonds is 11. The minimum absolute atomic E-state index is 0.0714. The number of anilines is 1. The van der Waals surface area contributed by atoms with Crippen LogP contribution in [0.4, 0.5) is 5.69 Å². The molecule has 0 aromatic heterocycles. The van der Waals surface area contributed by atoms with Gasteiger partial charge in [-0.1, -0.05) is 36.4 Å². The van der Waals surface area contributed by atoms with Gasteiger partial charge in [0.15, 0.2) is 0 Å². The molecular weight excluding hydrogens is 502 g/mol. The molecule has 0 aliphatic rings. The largest absolute Gasteiger partial charge is 0.497 e. The summed E-state index contributed by atoms with van der Waals surface area (Å²) in [6.07, 6.45) is 0. The van der Waals surface area contributed by atoms with Gasteiger partial charge in [0.05, 0.1) is 17.7 Å². The van der Waals surface area contributed by atoms with Crippen LogP contribution in [0.5, 0.6) is 5.75 Å². The average molecular weight is 538 g/mol. The first-order valence-electron chi connectivity index (χ1n) is 12.4. The van der Waals surface area contributed by atoms with Gasteiger partial charge in [-0.3, -0.25) is 13.9 Å². The zero-order valence-electron chi connectivity index (χ0n) is 22.5. The third-order valence-electron chi connectivity index (χ3n) is 6.39. The lowest BCUT2D eigenvalue weighted by atomic mass is 10.1. The zero-order chi connectivity index (χ0) is 27.9. The summed E-state index contributed by atoms with van der Waals surface area (Å²) >= 11 is 0. The Balaban J connectivity index is 2.05. The van der Waals surface area contributed by atoms with Crippen LogP contribution in [0.1, 0.15) is 30.5 Å². The maximum atomic E-state index is 13.9. The molecule has 0 aliphatic carbocycles. The predicted octanol–water partition coefficient (Wildman–Crippen LogP) is 4.06. The van der Waals surface area contributed by atoms with Gasteiger partial charge in [-0.15, -0.1) is 0 Å². The summed E-state index contributed by atoms with van der Waals surface area (Å²) in [7, 11) is -2.54. The number of nitrogens with one attached hydrogen (secondary N) is 1.